The molecule has 0 radical (unpaired) electrons. The van der Waals surface area contributed by atoms with Crippen molar-refractivity contribution in [3.8, 4) is 0 Å². The van der Waals surface area contributed by atoms with Crippen LogP contribution in [0.15, 0.2) is 11.6 Å². The molecule has 0 heterocycles. The number of halogens is 12. The first-order chi connectivity index (χ1) is 9.34. The summed E-state index contributed by atoms with van der Waals surface area (Å²) in [7, 11) is 0. The topological polar surface area (TPSA) is 0 Å². The molecule has 0 aromatic rings. The molecule has 0 saturated heterocycles. The summed E-state index contributed by atoms with van der Waals surface area (Å²) in [5, 5.41) is 0. The molecule has 1 fully saturated rings. The molecule has 0 aliphatic heterocycles. The van der Waals surface area contributed by atoms with Gasteiger partial charge < -0.3 is 0 Å². The number of allylic oxidation sites excluding steroid dienone is 2. The second-order valence-electron chi connectivity index (χ2n) is 5.14. The van der Waals surface area contributed by atoms with Crippen molar-refractivity contribution in [3.05, 3.63) is 11.6 Å². The van der Waals surface area contributed by atoms with Gasteiger partial charge in [0, 0.05) is 0 Å². The first kappa shape index (κ1) is 17.6. The minimum absolute atomic E-state index is 0.304. The van der Waals surface area contributed by atoms with Gasteiger partial charge in [0.25, 0.3) is 11.6 Å². The summed E-state index contributed by atoms with van der Waals surface area (Å²) in [5.74, 6) is -30.9. The van der Waals surface area contributed by atoms with E-state index in [1.807, 2.05) is 0 Å². The highest BCUT2D eigenvalue weighted by molar-refractivity contribution is 6.26. The van der Waals surface area contributed by atoms with Crippen molar-refractivity contribution >= 4 is 11.6 Å². The molecule has 0 amide bonds. The molecule has 2 aliphatic carbocycles. The first-order valence-electron chi connectivity index (χ1n) is 5.35. The Morgan fingerprint density at radius 1 is 0.727 bits per heavy atom. The van der Waals surface area contributed by atoms with Crippen LogP contribution in [-0.4, -0.2) is 40.2 Å². The summed E-state index contributed by atoms with van der Waals surface area (Å²) < 4.78 is 148. The molecule has 0 N–H and O–H groups in total. The summed E-state index contributed by atoms with van der Waals surface area (Å²) >= 11 is 4.72. The number of hydrogen-bond donors (Lipinski definition) is 0. The van der Waals surface area contributed by atoms with Crippen molar-refractivity contribution in [1.29, 1.82) is 0 Å². The summed E-state index contributed by atoms with van der Waals surface area (Å²) in [4.78, 5) is -4.46. The van der Waals surface area contributed by atoms with E-state index in [4.69, 9.17) is 11.6 Å². The van der Waals surface area contributed by atoms with Crippen LogP contribution in [0.1, 0.15) is 6.92 Å². The Labute approximate surface area is 119 Å². The minimum Gasteiger partial charge on any atom is -0.225 e. The Morgan fingerprint density at radius 2 is 1.14 bits per heavy atom. The standard InChI is InChI=1S/C10H4ClF11/c1-4(11)7(15,16)3-2-5(12,13)9(19,20)10(21,22)6(3,14)8(4,17)18/h2H,1H3. The van der Waals surface area contributed by atoms with Crippen LogP contribution in [0.5, 0.6) is 0 Å². The van der Waals surface area contributed by atoms with E-state index in [0.29, 0.717) is 0 Å². The average Bonchev–Trinajstić information content (AvgIpc) is 2.38. The van der Waals surface area contributed by atoms with Crippen molar-refractivity contribution in [2.45, 2.75) is 47.1 Å². The molecule has 0 bridgehead atoms. The maximum atomic E-state index is 14.2. The third-order valence-corrected chi connectivity index (χ3v) is 4.37. The molecule has 0 spiro atoms. The molecule has 2 aliphatic rings. The normalized spacial score (nSPS) is 43.4. The van der Waals surface area contributed by atoms with Gasteiger partial charge in [-0.3, -0.25) is 0 Å². The molecule has 0 aromatic carbocycles. The molecule has 128 valence electrons. The van der Waals surface area contributed by atoms with E-state index in [1.54, 1.807) is 0 Å². The smallest absolute Gasteiger partial charge is 0.225 e. The van der Waals surface area contributed by atoms with Crippen molar-refractivity contribution in [3.63, 3.8) is 0 Å². The highest BCUT2D eigenvalue weighted by Gasteiger charge is 2.98. The van der Waals surface area contributed by atoms with Crippen molar-refractivity contribution in [2.75, 3.05) is 0 Å². The average molecular weight is 369 g/mol. The lowest BCUT2D eigenvalue weighted by Gasteiger charge is -2.44. The Bertz CT molecular complexity index is 559. The van der Waals surface area contributed by atoms with Crippen LogP contribution in [0.3, 0.4) is 0 Å². The Morgan fingerprint density at radius 3 is 1.55 bits per heavy atom. The SMILES string of the molecule is CC1(Cl)C(F)(F)C2=CC(F)(F)C(F)(F)C(F)(F)C2(F)C1(F)F. The zero-order valence-electron chi connectivity index (χ0n) is 10.1. The van der Waals surface area contributed by atoms with Gasteiger partial charge in [-0.1, -0.05) is 0 Å². The zero-order chi connectivity index (χ0) is 17.8. The number of rotatable bonds is 0. The van der Waals surface area contributed by atoms with E-state index in [9.17, 15) is 48.3 Å². The molecule has 0 nitrogen and oxygen atoms in total. The lowest BCUT2D eigenvalue weighted by Crippen LogP contribution is -2.71. The maximum Gasteiger partial charge on any atom is 0.379 e. The van der Waals surface area contributed by atoms with Gasteiger partial charge in [0.1, 0.15) is 0 Å². The fraction of sp³-hybridized carbons (Fsp3) is 0.800. The van der Waals surface area contributed by atoms with Gasteiger partial charge in [-0.25, -0.2) is 13.2 Å². The Kier molecular flexibility index (Phi) is 2.94. The molecule has 2 rings (SSSR count). The van der Waals surface area contributed by atoms with Crippen LogP contribution in [-0.2, 0) is 0 Å². The zero-order valence-corrected chi connectivity index (χ0v) is 10.9. The number of hydrogen-bond acceptors (Lipinski definition) is 0. The fourth-order valence-electron chi connectivity index (χ4n) is 2.41. The van der Waals surface area contributed by atoms with Crippen LogP contribution >= 0.6 is 11.6 Å². The largest absolute Gasteiger partial charge is 0.379 e. The summed E-state index contributed by atoms with van der Waals surface area (Å²) in [6, 6.07) is 0. The molecule has 2 atom stereocenters. The molecule has 2 unspecified atom stereocenters. The Hall–Kier alpha value is -0.740. The van der Waals surface area contributed by atoms with Gasteiger partial charge >= 0.3 is 23.7 Å². The lowest BCUT2D eigenvalue weighted by atomic mass is 9.77. The van der Waals surface area contributed by atoms with Gasteiger partial charge in [0.05, 0.1) is 5.57 Å². The van der Waals surface area contributed by atoms with E-state index < -0.39 is 51.8 Å². The second kappa shape index (κ2) is 3.67. The predicted molar refractivity (Wildman–Crippen MR) is 50.9 cm³/mol. The number of alkyl halides is 12. The summed E-state index contributed by atoms with van der Waals surface area (Å²) in [6.07, 6.45) is -1.59. The predicted octanol–water partition coefficient (Wildman–Crippen LogP) is 4.82. The van der Waals surface area contributed by atoms with E-state index >= 15 is 0 Å². The lowest BCUT2D eigenvalue weighted by molar-refractivity contribution is -0.357. The quantitative estimate of drug-likeness (QED) is 0.327. The molecule has 22 heavy (non-hydrogen) atoms. The highest BCUT2D eigenvalue weighted by Crippen LogP contribution is 2.74. The summed E-state index contributed by atoms with van der Waals surface area (Å²) in [6.45, 7) is -0.304. The van der Waals surface area contributed by atoms with E-state index in [1.165, 1.54) is 0 Å². The van der Waals surface area contributed by atoms with Gasteiger partial charge in [-0.05, 0) is 13.0 Å². The minimum atomic E-state index is -6.84. The fourth-order valence-corrected chi connectivity index (χ4v) is 2.64. The van der Waals surface area contributed by atoms with Crippen LogP contribution in [0.4, 0.5) is 48.3 Å². The van der Waals surface area contributed by atoms with Crippen LogP contribution < -0.4 is 0 Å². The third-order valence-electron chi connectivity index (χ3n) is 3.89. The Balaban J connectivity index is 2.99. The van der Waals surface area contributed by atoms with Gasteiger partial charge in [0.15, 0.2) is 4.87 Å². The molecular formula is C10H4ClF11. The van der Waals surface area contributed by atoms with E-state index in [2.05, 4.69) is 0 Å². The summed E-state index contributed by atoms with van der Waals surface area (Å²) in [5.41, 5.74) is -9.24. The van der Waals surface area contributed by atoms with E-state index in [0.717, 1.165) is 0 Å². The monoisotopic (exact) mass is 368 g/mol. The van der Waals surface area contributed by atoms with Crippen LogP contribution in [0, 0.1) is 0 Å². The van der Waals surface area contributed by atoms with Gasteiger partial charge in [0.2, 0.25) is 0 Å². The van der Waals surface area contributed by atoms with Crippen LogP contribution in [0.2, 0.25) is 0 Å². The third kappa shape index (κ3) is 1.30. The van der Waals surface area contributed by atoms with Crippen molar-refractivity contribution in [2.24, 2.45) is 0 Å². The van der Waals surface area contributed by atoms with Crippen LogP contribution in [0.25, 0.3) is 0 Å². The molecule has 1 saturated carbocycles. The molecular weight excluding hydrogens is 365 g/mol. The maximum absolute atomic E-state index is 14.2. The van der Waals surface area contributed by atoms with Crippen molar-refractivity contribution < 1.29 is 48.3 Å². The number of fused-ring (bicyclic) bond motifs is 1. The van der Waals surface area contributed by atoms with Crippen molar-refractivity contribution in [1.82, 2.24) is 0 Å². The van der Waals surface area contributed by atoms with Gasteiger partial charge in [-0.2, -0.15) is 35.1 Å². The second-order valence-corrected chi connectivity index (χ2v) is 5.90. The molecule has 12 heteroatoms. The first-order valence-corrected chi connectivity index (χ1v) is 5.72. The van der Waals surface area contributed by atoms with Gasteiger partial charge in [-0.15, -0.1) is 11.6 Å². The highest BCUT2D eigenvalue weighted by atomic mass is 35.5. The van der Waals surface area contributed by atoms with E-state index in [-0.39, 0.29) is 6.92 Å². The molecule has 0 aromatic heterocycles.